The van der Waals surface area contributed by atoms with Crippen LogP contribution in [0.2, 0.25) is 0 Å². The fourth-order valence-corrected chi connectivity index (χ4v) is 1.34. The molecular weight excluding hydrogens is 272 g/mol. The summed E-state index contributed by atoms with van der Waals surface area (Å²) in [6, 6.07) is 8.63. The predicted molar refractivity (Wildman–Crippen MR) is 103 cm³/mol. The highest BCUT2D eigenvalue weighted by atomic mass is 16.5. The third-order valence-electron chi connectivity index (χ3n) is 2.59. The molecule has 0 aliphatic carbocycles. The van der Waals surface area contributed by atoms with E-state index in [1.165, 1.54) is 18.4 Å². The van der Waals surface area contributed by atoms with Crippen molar-refractivity contribution in [2.24, 2.45) is 0 Å². The fourth-order valence-electron chi connectivity index (χ4n) is 1.34. The Balaban J connectivity index is -0.000000177. The summed E-state index contributed by atoms with van der Waals surface area (Å²) in [7, 11) is 5.70. The summed E-state index contributed by atoms with van der Waals surface area (Å²) in [4.78, 5) is 4.53. The lowest BCUT2D eigenvalue weighted by Crippen LogP contribution is -2.32. The second-order valence-corrected chi connectivity index (χ2v) is 4.17. The van der Waals surface area contributed by atoms with E-state index < -0.39 is 0 Å². The third-order valence-corrected chi connectivity index (χ3v) is 2.59. The van der Waals surface area contributed by atoms with Crippen LogP contribution in [0.3, 0.4) is 0 Å². The first kappa shape index (κ1) is 28.5. The second-order valence-electron chi connectivity index (χ2n) is 4.17. The highest BCUT2D eigenvalue weighted by molar-refractivity contribution is 5.46. The minimum absolute atomic E-state index is 0. The Hall–Kier alpha value is -1.66. The van der Waals surface area contributed by atoms with Crippen molar-refractivity contribution in [3.63, 3.8) is 0 Å². The van der Waals surface area contributed by atoms with Gasteiger partial charge in [-0.3, -0.25) is 4.90 Å². The van der Waals surface area contributed by atoms with E-state index in [1.807, 2.05) is 20.0 Å². The summed E-state index contributed by atoms with van der Waals surface area (Å²) in [5, 5.41) is 0. The molecule has 0 fully saturated rings. The van der Waals surface area contributed by atoms with E-state index in [-0.39, 0.29) is 14.9 Å². The van der Waals surface area contributed by atoms with Crippen molar-refractivity contribution in [1.29, 1.82) is 0 Å². The average molecular weight is 311 g/mol. The Bertz CT molecular complexity index is 355. The molecule has 0 radical (unpaired) electrons. The Morgan fingerprint density at radius 2 is 1.50 bits per heavy atom. The third kappa shape index (κ3) is 14.7. The van der Waals surface area contributed by atoms with Gasteiger partial charge in [-0.25, -0.2) is 0 Å². The van der Waals surface area contributed by atoms with Gasteiger partial charge >= 0.3 is 0 Å². The van der Waals surface area contributed by atoms with Crippen molar-refractivity contribution in [2.75, 3.05) is 39.3 Å². The molecule has 0 aliphatic heterocycles. The standard InChI is InChI=1S/C12H20N2.C3H4O.C2H6.2CH4/c1-5-13(3)10-14(4)12-8-6-11(2)7-9-12;1-3-4-2;1-2;;/h6-9H,5,10H2,1-4H3;1H,2H3;1-2H3;2*1H4. The smallest absolute Gasteiger partial charge is 0.106 e. The van der Waals surface area contributed by atoms with Gasteiger partial charge in [-0.1, -0.05) is 59.7 Å². The molecule has 1 aromatic rings. The first-order valence-corrected chi connectivity index (χ1v) is 7.00. The lowest BCUT2D eigenvalue weighted by atomic mass is 10.2. The molecule has 3 heteroatoms. The summed E-state index contributed by atoms with van der Waals surface area (Å²) < 4.78 is 4.07. The van der Waals surface area contributed by atoms with Crippen LogP contribution in [0.5, 0.6) is 0 Å². The number of methoxy groups -OCH3 is 1. The van der Waals surface area contributed by atoms with Crippen LogP contribution in [0.15, 0.2) is 24.3 Å². The van der Waals surface area contributed by atoms with Crippen LogP contribution in [0.1, 0.15) is 41.2 Å². The largest absolute Gasteiger partial charge is 0.450 e. The van der Waals surface area contributed by atoms with Gasteiger partial charge in [-0.2, -0.15) is 0 Å². The minimum atomic E-state index is 0. The van der Waals surface area contributed by atoms with Crippen LogP contribution in [-0.2, 0) is 4.74 Å². The van der Waals surface area contributed by atoms with Crippen molar-refractivity contribution < 1.29 is 4.74 Å². The Labute approximate surface area is 140 Å². The van der Waals surface area contributed by atoms with E-state index in [0.29, 0.717) is 0 Å². The number of hydrogen-bond acceptors (Lipinski definition) is 3. The van der Waals surface area contributed by atoms with Crippen LogP contribution in [-0.4, -0.2) is 39.3 Å². The van der Waals surface area contributed by atoms with Gasteiger partial charge < -0.3 is 9.64 Å². The molecule has 1 aromatic carbocycles. The number of benzene rings is 1. The zero-order chi connectivity index (χ0) is 16.0. The van der Waals surface area contributed by atoms with Crippen LogP contribution in [0.4, 0.5) is 5.69 Å². The highest BCUT2D eigenvalue weighted by Crippen LogP contribution is 2.13. The summed E-state index contributed by atoms with van der Waals surface area (Å²) in [6.45, 7) is 10.3. The lowest BCUT2D eigenvalue weighted by molar-refractivity contribution is 0.356. The quantitative estimate of drug-likeness (QED) is 0.583. The van der Waals surface area contributed by atoms with Crippen LogP contribution >= 0.6 is 0 Å². The summed E-state index contributed by atoms with van der Waals surface area (Å²) in [5.41, 5.74) is 2.59. The van der Waals surface area contributed by atoms with Crippen LogP contribution in [0.25, 0.3) is 0 Å². The number of ether oxygens (including phenoxy) is 1. The van der Waals surface area contributed by atoms with Crippen LogP contribution < -0.4 is 4.90 Å². The molecule has 0 aliphatic rings. The van der Waals surface area contributed by atoms with Crippen molar-refractivity contribution in [2.45, 2.75) is 42.5 Å². The Morgan fingerprint density at radius 1 is 1.09 bits per heavy atom. The molecule has 0 spiro atoms. The van der Waals surface area contributed by atoms with Crippen LogP contribution in [0, 0.1) is 19.5 Å². The average Bonchev–Trinajstić information content (AvgIpc) is 2.50. The summed E-state index contributed by atoms with van der Waals surface area (Å²) in [6.07, 6.45) is 6.49. The summed E-state index contributed by atoms with van der Waals surface area (Å²) in [5.74, 6) is 0. The van der Waals surface area contributed by atoms with E-state index in [0.717, 1.165) is 13.2 Å². The van der Waals surface area contributed by atoms with Gasteiger partial charge in [0.15, 0.2) is 0 Å². The van der Waals surface area contributed by atoms with Gasteiger partial charge in [-0.05, 0) is 32.6 Å². The van der Waals surface area contributed by atoms with Gasteiger partial charge in [0, 0.05) is 12.7 Å². The second kappa shape index (κ2) is 19.3. The number of hydrogen-bond donors (Lipinski definition) is 0. The molecular formula is C19H38N2O. The number of terminal acetylenes is 1. The molecule has 130 valence electrons. The van der Waals surface area contributed by atoms with Crippen molar-refractivity contribution in [3.8, 4) is 12.5 Å². The van der Waals surface area contributed by atoms with E-state index in [4.69, 9.17) is 0 Å². The van der Waals surface area contributed by atoms with Gasteiger partial charge in [0.05, 0.1) is 13.8 Å². The number of nitrogens with zero attached hydrogens (tertiary/aromatic N) is 2. The lowest BCUT2D eigenvalue weighted by Gasteiger charge is -2.25. The first-order chi connectivity index (χ1) is 9.54. The molecule has 0 aromatic heterocycles. The number of anilines is 1. The number of rotatable bonds is 4. The maximum atomic E-state index is 4.56. The molecule has 3 nitrogen and oxygen atoms in total. The maximum Gasteiger partial charge on any atom is 0.106 e. The van der Waals surface area contributed by atoms with Crippen molar-refractivity contribution in [3.05, 3.63) is 29.8 Å². The molecule has 0 amide bonds. The zero-order valence-electron chi connectivity index (χ0n) is 14.1. The predicted octanol–water partition coefficient (Wildman–Crippen LogP) is 4.86. The molecule has 0 saturated carbocycles. The van der Waals surface area contributed by atoms with Gasteiger partial charge in [0.1, 0.15) is 6.11 Å². The molecule has 0 heterocycles. The van der Waals surface area contributed by atoms with Gasteiger partial charge in [0.2, 0.25) is 0 Å². The SMILES string of the molecule is C.C.C#COC.CC.CCN(C)CN(C)c1ccc(C)cc1. The fraction of sp³-hybridized carbons (Fsp3) is 0.579. The van der Waals surface area contributed by atoms with E-state index in [2.05, 4.69) is 73.2 Å². The number of aryl methyl sites for hydroxylation is 1. The minimum Gasteiger partial charge on any atom is -0.450 e. The molecule has 0 atom stereocenters. The highest BCUT2D eigenvalue weighted by Gasteiger charge is 2.02. The normalized spacial score (nSPS) is 7.77. The van der Waals surface area contributed by atoms with E-state index >= 15 is 0 Å². The van der Waals surface area contributed by atoms with Gasteiger partial charge in [-0.15, -0.1) is 0 Å². The summed E-state index contributed by atoms with van der Waals surface area (Å²) >= 11 is 0. The molecule has 0 saturated heterocycles. The zero-order valence-corrected chi connectivity index (χ0v) is 14.1. The maximum absolute atomic E-state index is 4.56. The molecule has 0 bridgehead atoms. The van der Waals surface area contributed by atoms with E-state index in [1.54, 1.807) is 0 Å². The Kier molecular flexibility index (Phi) is 25.0. The molecule has 1 rings (SSSR count). The molecule has 0 N–H and O–H groups in total. The van der Waals surface area contributed by atoms with Crippen molar-refractivity contribution in [1.82, 2.24) is 4.90 Å². The Morgan fingerprint density at radius 3 is 1.82 bits per heavy atom. The topological polar surface area (TPSA) is 15.7 Å². The molecule has 0 unspecified atom stereocenters. The monoisotopic (exact) mass is 310 g/mol. The van der Waals surface area contributed by atoms with Crippen molar-refractivity contribution >= 4 is 5.69 Å². The van der Waals surface area contributed by atoms with E-state index in [9.17, 15) is 0 Å². The first-order valence-electron chi connectivity index (χ1n) is 7.00. The molecule has 22 heavy (non-hydrogen) atoms. The van der Waals surface area contributed by atoms with Gasteiger partial charge in [0.25, 0.3) is 0 Å².